The van der Waals surface area contributed by atoms with Crippen molar-refractivity contribution in [1.82, 2.24) is 9.88 Å². The largest absolute Gasteiger partial charge is 0.488 e. The zero-order valence-corrected chi connectivity index (χ0v) is 20.8. The highest BCUT2D eigenvalue weighted by molar-refractivity contribution is 8.18. The van der Waals surface area contributed by atoms with Crippen LogP contribution < -0.4 is 4.74 Å². The molecule has 0 radical (unpaired) electrons. The van der Waals surface area contributed by atoms with Crippen LogP contribution in [-0.4, -0.2) is 27.0 Å². The van der Waals surface area contributed by atoms with Crippen molar-refractivity contribution in [2.24, 2.45) is 4.99 Å². The molecule has 0 N–H and O–H groups in total. The Morgan fingerprint density at radius 2 is 1.86 bits per heavy atom. The maximum absolute atomic E-state index is 13.6. The van der Waals surface area contributed by atoms with Crippen molar-refractivity contribution in [3.63, 3.8) is 0 Å². The van der Waals surface area contributed by atoms with Crippen LogP contribution in [0.3, 0.4) is 0 Å². The lowest BCUT2D eigenvalue weighted by atomic mass is 9.94. The summed E-state index contributed by atoms with van der Waals surface area (Å²) in [6.07, 6.45) is 10.9. The fraction of sp³-hybridized carbons (Fsp3) is 0.250. The Morgan fingerprint density at radius 3 is 2.66 bits per heavy atom. The van der Waals surface area contributed by atoms with Crippen molar-refractivity contribution in [3.05, 3.63) is 94.1 Å². The van der Waals surface area contributed by atoms with Gasteiger partial charge in [-0.15, -0.1) is 0 Å². The molecule has 178 valence electrons. The van der Waals surface area contributed by atoms with E-state index in [1.54, 1.807) is 12.4 Å². The summed E-state index contributed by atoms with van der Waals surface area (Å²) in [5.74, 6) is 0.709. The number of halogens is 1. The molecule has 0 spiro atoms. The summed E-state index contributed by atoms with van der Waals surface area (Å²) in [4.78, 5) is 25.1. The van der Waals surface area contributed by atoms with E-state index < -0.39 is 0 Å². The molecular weight excluding hydrogens is 478 g/mol. The molecule has 35 heavy (non-hydrogen) atoms. The Bertz CT molecular complexity index is 1260. The molecule has 1 aliphatic carbocycles. The van der Waals surface area contributed by atoms with Crippen molar-refractivity contribution < 1.29 is 9.53 Å². The SMILES string of the molecule is O=C1/C(=C/c2ccccc2OCc2ccccc2Cl)SC(=Nc2cccnc2)N1C1CCCCC1. The standard InChI is InChI=1S/C28H26ClN3O2S/c29-24-14-6-4-10-21(24)19-34-25-15-7-5-9-20(25)17-26-27(33)32(23-12-2-1-3-13-23)28(35-26)31-22-11-8-16-30-18-22/h4-11,14-18,23H,1-3,12-13,19H2/b26-17-,31-28?. The molecule has 5 nitrogen and oxygen atoms in total. The van der Waals surface area contributed by atoms with E-state index >= 15 is 0 Å². The van der Waals surface area contributed by atoms with E-state index in [2.05, 4.69) is 4.98 Å². The first-order valence-corrected chi connectivity index (χ1v) is 13.1. The summed E-state index contributed by atoms with van der Waals surface area (Å²) in [5.41, 5.74) is 2.51. The fourth-order valence-corrected chi connectivity index (χ4v) is 5.64. The van der Waals surface area contributed by atoms with Gasteiger partial charge in [-0.3, -0.25) is 14.7 Å². The molecule has 5 rings (SSSR count). The third-order valence-electron chi connectivity index (χ3n) is 6.19. The van der Waals surface area contributed by atoms with E-state index in [1.165, 1.54) is 18.2 Å². The molecule has 1 aliphatic heterocycles. The number of aromatic nitrogens is 1. The normalized spacial score (nSPS) is 19.0. The summed E-state index contributed by atoms with van der Waals surface area (Å²) in [5, 5.41) is 1.39. The fourth-order valence-electron chi connectivity index (χ4n) is 4.40. The quantitative estimate of drug-likeness (QED) is 0.332. The first kappa shape index (κ1) is 23.6. The summed E-state index contributed by atoms with van der Waals surface area (Å²) < 4.78 is 6.11. The number of hydrogen-bond acceptors (Lipinski definition) is 5. The number of ether oxygens (including phenoxy) is 1. The molecule has 0 unspecified atom stereocenters. The number of amidine groups is 1. The van der Waals surface area contributed by atoms with Gasteiger partial charge >= 0.3 is 0 Å². The highest BCUT2D eigenvalue weighted by Gasteiger charge is 2.38. The number of pyridine rings is 1. The lowest BCUT2D eigenvalue weighted by Crippen LogP contribution is -2.40. The van der Waals surface area contributed by atoms with E-state index in [4.69, 9.17) is 21.3 Å². The predicted octanol–water partition coefficient (Wildman–Crippen LogP) is 7.25. The van der Waals surface area contributed by atoms with Crippen LogP contribution in [0.2, 0.25) is 5.02 Å². The number of nitrogens with zero attached hydrogens (tertiary/aromatic N) is 3. The molecule has 1 amide bonds. The average Bonchev–Trinajstić information content (AvgIpc) is 3.19. The smallest absolute Gasteiger partial charge is 0.267 e. The van der Waals surface area contributed by atoms with E-state index in [9.17, 15) is 4.79 Å². The number of carbonyl (C=O) groups is 1. The van der Waals surface area contributed by atoms with Gasteiger partial charge < -0.3 is 4.74 Å². The molecule has 2 aliphatic rings. The zero-order valence-electron chi connectivity index (χ0n) is 19.3. The van der Waals surface area contributed by atoms with Crippen LogP contribution in [0.15, 0.2) is 83.0 Å². The van der Waals surface area contributed by atoms with Crippen LogP contribution in [0.1, 0.15) is 43.2 Å². The topological polar surface area (TPSA) is 54.8 Å². The van der Waals surface area contributed by atoms with Crippen molar-refractivity contribution in [2.45, 2.75) is 44.8 Å². The molecule has 7 heteroatoms. The second-order valence-electron chi connectivity index (χ2n) is 8.60. The maximum atomic E-state index is 13.6. The Labute approximate surface area is 214 Å². The van der Waals surface area contributed by atoms with Gasteiger partial charge in [-0.1, -0.05) is 67.3 Å². The molecule has 0 bridgehead atoms. The van der Waals surface area contributed by atoms with Crippen LogP contribution in [0.5, 0.6) is 5.75 Å². The van der Waals surface area contributed by atoms with Gasteiger partial charge in [0.05, 0.1) is 16.8 Å². The predicted molar refractivity (Wildman–Crippen MR) is 143 cm³/mol. The van der Waals surface area contributed by atoms with Crippen LogP contribution in [-0.2, 0) is 11.4 Å². The average molecular weight is 504 g/mol. The number of benzene rings is 2. The summed E-state index contributed by atoms with van der Waals surface area (Å²) in [6, 6.07) is 19.3. The Balaban J connectivity index is 1.44. The van der Waals surface area contributed by atoms with E-state index in [-0.39, 0.29) is 11.9 Å². The number of carbonyl (C=O) groups excluding carboxylic acids is 1. The van der Waals surface area contributed by atoms with Crippen molar-refractivity contribution in [2.75, 3.05) is 0 Å². The van der Waals surface area contributed by atoms with Crippen molar-refractivity contribution >= 4 is 46.2 Å². The van der Waals surface area contributed by atoms with Gasteiger partial charge in [0.25, 0.3) is 5.91 Å². The van der Waals surface area contributed by atoms with E-state index in [0.717, 1.165) is 47.7 Å². The third kappa shape index (κ3) is 5.60. The molecule has 0 atom stereocenters. The van der Waals surface area contributed by atoms with Gasteiger partial charge in [-0.25, -0.2) is 4.99 Å². The highest BCUT2D eigenvalue weighted by Crippen LogP contribution is 2.39. The second kappa shape index (κ2) is 11.1. The van der Waals surface area contributed by atoms with Gasteiger partial charge in [0.15, 0.2) is 5.17 Å². The van der Waals surface area contributed by atoms with Crippen LogP contribution in [0.25, 0.3) is 6.08 Å². The second-order valence-corrected chi connectivity index (χ2v) is 10.0. The lowest BCUT2D eigenvalue weighted by molar-refractivity contribution is -0.124. The minimum atomic E-state index is 0.00504. The van der Waals surface area contributed by atoms with Gasteiger partial charge in [-0.05, 0) is 54.9 Å². The number of rotatable bonds is 6. The molecule has 1 saturated carbocycles. The molecular formula is C28H26ClN3O2S. The molecule has 2 heterocycles. The van der Waals surface area contributed by atoms with Gasteiger partial charge in [-0.2, -0.15) is 0 Å². The summed E-state index contributed by atoms with van der Waals surface area (Å²) >= 11 is 7.72. The van der Waals surface area contributed by atoms with E-state index in [1.807, 2.05) is 71.6 Å². The van der Waals surface area contributed by atoms with Gasteiger partial charge in [0.1, 0.15) is 12.4 Å². The molecule has 1 saturated heterocycles. The van der Waals surface area contributed by atoms with Crippen LogP contribution in [0, 0.1) is 0 Å². The third-order valence-corrected chi connectivity index (χ3v) is 7.55. The number of para-hydroxylation sites is 1. The molecule has 1 aromatic heterocycles. The summed E-state index contributed by atoms with van der Waals surface area (Å²) in [7, 11) is 0. The number of thioether (sulfide) groups is 1. The minimum absolute atomic E-state index is 0.00504. The minimum Gasteiger partial charge on any atom is -0.488 e. The van der Waals surface area contributed by atoms with Crippen molar-refractivity contribution in [1.29, 1.82) is 0 Å². The van der Waals surface area contributed by atoms with Crippen molar-refractivity contribution in [3.8, 4) is 5.75 Å². The van der Waals surface area contributed by atoms with Gasteiger partial charge in [0.2, 0.25) is 0 Å². The first-order chi connectivity index (χ1) is 17.2. The monoisotopic (exact) mass is 503 g/mol. The number of aliphatic imine (C=N–C) groups is 1. The Kier molecular flexibility index (Phi) is 7.50. The molecule has 2 aromatic carbocycles. The van der Waals surface area contributed by atoms with E-state index in [0.29, 0.717) is 22.3 Å². The van der Waals surface area contributed by atoms with Crippen LogP contribution >= 0.6 is 23.4 Å². The number of amides is 1. The number of hydrogen-bond donors (Lipinski definition) is 0. The Morgan fingerprint density at radius 1 is 1.06 bits per heavy atom. The molecule has 3 aromatic rings. The van der Waals surface area contributed by atoms with Crippen LogP contribution in [0.4, 0.5) is 5.69 Å². The maximum Gasteiger partial charge on any atom is 0.267 e. The summed E-state index contributed by atoms with van der Waals surface area (Å²) in [6.45, 7) is 0.350. The highest BCUT2D eigenvalue weighted by atomic mass is 35.5. The van der Waals surface area contributed by atoms with Gasteiger partial charge in [0, 0.05) is 28.4 Å². The zero-order chi connectivity index (χ0) is 24.0. The lowest BCUT2D eigenvalue weighted by Gasteiger charge is -2.30. The Hall–Kier alpha value is -3.09. The molecule has 2 fully saturated rings. The first-order valence-electron chi connectivity index (χ1n) is 11.9.